The van der Waals surface area contributed by atoms with Gasteiger partial charge in [0.25, 0.3) is 5.91 Å². The standard InChI is InChI=1S/C17H21N5O4S/c1-26-15-5-4-11(27(24,25)22-10-2-3-10)8-14(15)19-17(23)16-12-9-18-7-6-13(12)20-21-16/h4-5,8,10,18,22H,2-3,6-7,9H2,1H3,(H,19,23)(H,20,21). The van der Waals surface area contributed by atoms with Crippen LogP contribution >= 0.6 is 0 Å². The first-order valence-electron chi connectivity index (χ1n) is 8.76. The molecule has 0 atom stereocenters. The van der Waals surface area contributed by atoms with E-state index in [-0.39, 0.29) is 16.6 Å². The number of carbonyl (C=O) groups excluding carboxylic acids is 1. The Labute approximate surface area is 156 Å². The number of ether oxygens (including phenoxy) is 1. The molecule has 0 spiro atoms. The van der Waals surface area contributed by atoms with Crippen LogP contribution in [0.2, 0.25) is 0 Å². The molecular weight excluding hydrogens is 370 g/mol. The van der Waals surface area contributed by atoms with Gasteiger partial charge in [0, 0.05) is 36.8 Å². The van der Waals surface area contributed by atoms with Crippen molar-refractivity contribution < 1.29 is 17.9 Å². The van der Waals surface area contributed by atoms with Gasteiger partial charge < -0.3 is 15.4 Å². The molecule has 1 amide bonds. The van der Waals surface area contributed by atoms with Crippen LogP contribution in [0.25, 0.3) is 0 Å². The first-order chi connectivity index (χ1) is 13.0. The molecule has 1 fully saturated rings. The number of H-pyrrole nitrogens is 1. The van der Waals surface area contributed by atoms with E-state index in [1.54, 1.807) is 0 Å². The van der Waals surface area contributed by atoms with Gasteiger partial charge in [-0.25, -0.2) is 13.1 Å². The Morgan fingerprint density at radius 2 is 2.15 bits per heavy atom. The minimum Gasteiger partial charge on any atom is -0.495 e. The summed E-state index contributed by atoms with van der Waals surface area (Å²) in [6.45, 7) is 1.39. The summed E-state index contributed by atoms with van der Waals surface area (Å²) in [5.74, 6) is -0.0459. The molecule has 144 valence electrons. The number of hydrogen-bond acceptors (Lipinski definition) is 6. The zero-order valence-corrected chi connectivity index (χ0v) is 15.6. The molecule has 1 aliphatic heterocycles. The zero-order chi connectivity index (χ0) is 19.0. The fourth-order valence-electron chi connectivity index (χ4n) is 3.04. The third kappa shape index (κ3) is 3.68. The van der Waals surface area contributed by atoms with Crippen molar-refractivity contribution in [2.75, 3.05) is 19.0 Å². The molecular formula is C17H21N5O4S. The lowest BCUT2D eigenvalue weighted by Gasteiger charge is -2.14. The van der Waals surface area contributed by atoms with E-state index in [1.807, 2.05) is 0 Å². The summed E-state index contributed by atoms with van der Waals surface area (Å²) in [7, 11) is -2.18. The van der Waals surface area contributed by atoms with Crippen molar-refractivity contribution in [3.05, 3.63) is 35.2 Å². The summed E-state index contributed by atoms with van der Waals surface area (Å²) in [6.07, 6.45) is 2.47. The van der Waals surface area contributed by atoms with Crippen molar-refractivity contribution in [1.82, 2.24) is 20.2 Å². The van der Waals surface area contributed by atoms with Gasteiger partial charge >= 0.3 is 0 Å². The highest BCUT2D eigenvalue weighted by molar-refractivity contribution is 7.89. The molecule has 27 heavy (non-hydrogen) atoms. The fourth-order valence-corrected chi connectivity index (χ4v) is 4.37. The molecule has 10 heteroatoms. The maximum atomic E-state index is 12.7. The summed E-state index contributed by atoms with van der Waals surface area (Å²) >= 11 is 0. The van der Waals surface area contributed by atoms with Gasteiger partial charge in [-0.15, -0.1) is 0 Å². The van der Waals surface area contributed by atoms with Crippen molar-refractivity contribution in [3.8, 4) is 5.75 Å². The van der Waals surface area contributed by atoms with Gasteiger partial charge in [-0.2, -0.15) is 5.10 Å². The largest absolute Gasteiger partial charge is 0.495 e. The van der Waals surface area contributed by atoms with Crippen molar-refractivity contribution in [1.29, 1.82) is 0 Å². The maximum Gasteiger partial charge on any atom is 0.276 e. The van der Waals surface area contributed by atoms with E-state index in [9.17, 15) is 13.2 Å². The van der Waals surface area contributed by atoms with Gasteiger partial charge in [0.1, 0.15) is 5.75 Å². The molecule has 2 aromatic rings. The molecule has 4 N–H and O–H groups in total. The third-order valence-electron chi connectivity index (χ3n) is 4.65. The van der Waals surface area contributed by atoms with Gasteiger partial charge in [-0.05, 0) is 31.0 Å². The Balaban J connectivity index is 1.61. The van der Waals surface area contributed by atoms with Crippen LogP contribution in [0.4, 0.5) is 5.69 Å². The number of fused-ring (bicyclic) bond motifs is 1. The molecule has 1 aromatic heterocycles. The van der Waals surface area contributed by atoms with Gasteiger partial charge in [-0.1, -0.05) is 0 Å². The Morgan fingerprint density at radius 1 is 1.33 bits per heavy atom. The van der Waals surface area contributed by atoms with Crippen molar-refractivity contribution >= 4 is 21.6 Å². The summed E-state index contributed by atoms with van der Waals surface area (Å²) in [6, 6.07) is 4.38. The smallest absolute Gasteiger partial charge is 0.276 e. The molecule has 0 saturated heterocycles. The van der Waals surface area contributed by atoms with Gasteiger partial charge in [0.05, 0.1) is 17.7 Å². The number of aromatic nitrogens is 2. The molecule has 0 radical (unpaired) electrons. The van der Waals surface area contributed by atoms with Gasteiger partial charge in [0.15, 0.2) is 5.69 Å². The molecule has 1 aromatic carbocycles. The van der Waals surface area contributed by atoms with Crippen LogP contribution in [0.1, 0.15) is 34.6 Å². The second-order valence-electron chi connectivity index (χ2n) is 6.67. The minimum absolute atomic E-state index is 0.00165. The SMILES string of the molecule is COc1ccc(S(=O)(=O)NC2CC2)cc1NC(=O)c1n[nH]c2c1CNCC2. The number of nitrogens with one attached hydrogen (secondary N) is 4. The average molecular weight is 391 g/mol. The van der Waals surface area contributed by atoms with Crippen molar-refractivity contribution in [2.24, 2.45) is 0 Å². The first kappa shape index (κ1) is 18.0. The molecule has 4 rings (SSSR count). The lowest BCUT2D eigenvalue weighted by molar-refractivity contribution is 0.102. The second-order valence-corrected chi connectivity index (χ2v) is 8.38. The van der Waals surface area contributed by atoms with Crippen LogP contribution in [0.3, 0.4) is 0 Å². The number of nitrogens with zero attached hydrogens (tertiary/aromatic N) is 1. The predicted octanol–water partition coefficient (Wildman–Crippen LogP) is 0.757. The molecule has 2 aliphatic rings. The van der Waals surface area contributed by atoms with E-state index in [0.29, 0.717) is 18.0 Å². The zero-order valence-electron chi connectivity index (χ0n) is 14.8. The lowest BCUT2D eigenvalue weighted by Crippen LogP contribution is -2.26. The Morgan fingerprint density at radius 3 is 2.89 bits per heavy atom. The monoisotopic (exact) mass is 391 g/mol. The number of hydrogen-bond donors (Lipinski definition) is 4. The van der Waals surface area contributed by atoms with Crippen LogP contribution < -0.4 is 20.1 Å². The number of carbonyl (C=O) groups is 1. The summed E-state index contributed by atoms with van der Waals surface area (Å²) < 4.78 is 32.8. The maximum absolute atomic E-state index is 12.7. The van der Waals surface area contributed by atoms with Crippen LogP contribution in [-0.2, 0) is 23.0 Å². The van der Waals surface area contributed by atoms with Crippen LogP contribution in [-0.4, -0.2) is 44.2 Å². The van der Waals surface area contributed by atoms with Crippen molar-refractivity contribution in [3.63, 3.8) is 0 Å². The van der Waals surface area contributed by atoms with E-state index in [4.69, 9.17) is 4.74 Å². The van der Waals surface area contributed by atoms with Crippen LogP contribution in [0.5, 0.6) is 5.75 Å². The number of rotatable bonds is 6. The number of anilines is 1. The van der Waals surface area contributed by atoms with E-state index < -0.39 is 15.9 Å². The Kier molecular flexibility index (Phi) is 4.62. The van der Waals surface area contributed by atoms with Gasteiger partial charge in [-0.3, -0.25) is 9.89 Å². The number of methoxy groups -OCH3 is 1. The highest BCUT2D eigenvalue weighted by Crippen LogP contribution is 2.30. The Hall–Kier alpha value is -2.43. The van der Waals surface area contributed by atoms with Crippen LogP contribution in [0, 0.1) is 0 Å². The second kappa shape index (κ2) is 6.95. The molecule has 9 nitrogen and oxygen atoms in total. The fraction of sp³-hybridized carbons (Fsp3) is 0.412. The van der Waals surface area contributed by atoms with Crippen LogP contribution in [0.15, 0.2) is 23.1 Å². The van der Waals surface area contributed by atoms with E-state index >= 15 is 0 Å². The minimum atomic E-state index is -3.64. The molecule has 0 bridgehead atoms. The first-order valence-corrected chi connectivity index (χ1v) is 10.2. The molecule has 0 unspecified atom stereocenters. The topological polar surface area (TPSA) is 125 Å². The van der Waals surface area contributed by atoms with E-state index in [0.717, 1.165) is 37.1 Å². The number of aromatic amines is 1. The van der Waals surface area contributed by atoms with E-state index in [2.05, 4.69) is 25.6 Å². The average Bonchev–Trinajstić information content (AvgIpc) is 3.35. The summed E-state index contributed by atoms with van der Waals surface area (Å²) in [5.41, 5.74) is 2.35. The third-order valence-corrected chi connectivity index (χ3v) is 6.17. The predicted molar refractivity (Wildman–Crippen MR) is 98.3 cm³/mol. The Bertz CT molecular complexity index is 981. The quantitative estimate of drug-likeness (QED) is 0.576. The highest BCUT2D eigenvalue weighted by atomic mass is 32.2. The molecule has 1 aliphatic carbocycles. The van der Waals surface area contributed by atoms with Gasteiger partial charge in [0.2, 0.25) is 10.0 Å². The normalized spacial score (nSPS) is 16.6. The number of amides is 1. The lowest BCUT2D eigenvalue weighted by atomic mass is 10.1. The molecule has 1 saturated carbocycles. The van der Waals surface area contributed by atoms with Crippen molar-refractivity contribution in [2.45, 2.75) is 36.7 Å². The summed E-state index contributed by atoms with van der Waals surface area (Å²) in [4.78, 5) is 12.8. The number of benzene rings is 1. The summed E-state index contributed by atoms with van der Waals surface area (Å²) in [5, 5.41) is 13.0. The highest BCUT2D eigenvalue weighted by Gasteiger charge is 2.29. The number of sulfonamides is 1. The molecule has 2 heterocycles. The van der Waals surface area contributed by atoms with E-state index in [1.165, 1.54) is 25.3 Å².